The second-order valence-corrected chi connectivity index (χ2v) is 5.04. The fourth-order valence-electron chi connectivity index (χ4n) is 1.79. The van der Waals surface area contributed by atoms with Crippen molar-refractivity contribution >= 4 is 0 Å². The monoisotopic (exact) mass is 278 g/mol. The van der Waals surface area contributed by atoms with Gasteiger partial charge in [0.1, 0.15) is 6.61 Å². The van der Waals surface area contributed by atoms with E-state index in [1.807, 2.05) is 30.8 Å². The Kier molecular flexibility index (Phi) is 4.39. The molecule has 0 fully saturated rings. The van der Waals surface area contributed by atoms with Gasteiger partial charge in [-0.3, -0.25) is 4.68 Å². The van der Waals surface area contributed by atoms with Crippen LogP contribution in [0.3, 0.4) is 0 Å². The van der Waals surface area contributed by atoms with E-state index in [-0.39, 0.29) is 18.4 Å². The summed E-state index contributed by atoms with van der Waals surface area (Å²) in [5.74, 6) is -0.319. The molecule has 0 bridgehead atoms. The van der Waals surface area contributed by atoms with Crippen LogP contribution >= 0.6 is 0 Å². The molecule has 108 valence electrons. The molecule has 4 nitrogen and oxygen atoms in total. The van der Waals surface area contributed by atoms with E-state index in [9.17, 15) is 9.50 Å². The third-order valence-electron chi connectivity index (χ3n) is 3.01. The number of rotatable bonds is 5. The molecule has 20 heavy (non-hydrogen) atoms. The van der Waals surface area contributed by atoms with E-state index in [0.29, 0.717) is 5.56 Å². The van der Waals surface area contributed by atoms with E-state index in [1.165, 1.54) is 12.1 Å². The molecule has 0 aliphatic rings. The van der Waals surface area contributed by atoms with Gasteiger partial charge in [-0.15, -0.1) is 0 Å². The summed E-state index contributed by atoms with van der Waals surface area (Å²) in [6, 6.07) is 6.59. The van der Waals surface area contributed by atoms with Crippen molar-refractivity contribution in [1.82, 2.24) is 9.78 Å². The molecule has 0 unspecified atom stereocenters. The van der Waals surface area contributed by atoms with E-state index >= 15 is 0 Å². The summed E-state index contributed by atoms with van der Waals surface area (Å²) >= 11 is 0. The summed E-state index contributed by atoms with van der Waals surface area (Å²) in [5.41, 5.74) is 1.27. The first kappa shape index (κ1) is 14.5. The minimum absolute atomic E-state index is 0.161. The van der Waals surface area contributed by atoms with Gasteiger partial charge in [0.15, 0.2) is 11.6 Å². The number of hydrogen-bond donors (Lipinski definition) is 1. The van der Waals surface area contributed by atoms with Gasteiger partial charge in [0.05, 0.1) is 11.8 Å². The zero-order valence-corrected chi connectivity index (χ0v) is 11.9. The van der Waals surface area contributed by atoms with Crippen molar-refractivity contribution in [1.29, 1.82) is 0 Å². The summed E-state index contributed by atoms with van der Waals surface area (Å²) in [5, 5.41) is 13.7. The Labute approximate surface area is 117 Å². The summed E-state index contributed by atoms with van der Waals surface area (Å²) < 4.78 is 21.0. The van der Waals surface area contributed by atoms with Crippen molar-refractivity contribution in [3.8, 4) is 5.75 Å². The molecule has 2 aromatic rings. The molecule has 1 N–H and O–H groups in total. The van der Waals surface area contributed by atoms with Gasteiger partial charge in [-0.2, -0.15) is 5.10 Å². The molecule has 1 aromatic carbocycles. The molecule has 0 saturated heterocycles. The fourth-order valence-corrected chi connectivity index (χ4v) is 1.79. The summed E-state index contributed by atoms with van der Waals surface area (Å²) in [7, 11) is 0. The van der Waals surface area contributed by atoms with Gasteiger partial charge >= 0.3 is 0 Å². The van der Waals surface area contributed by atoms with Crippen LogP contribution in [-0.4, -0.2) is 14.9 Å². The molecule has 5 heteroatoms. The highest BCUT2D eigenvalue weighted by molar-refractivity contribution is 5.30. The van der Waals surface area contributed by atoms with Crippen LogP contribution in [0, 0.1) is 5.82 Å². The number of nitrogens with zero attached hydrogens (tertiary/aromatic N) is 2. The molecule has 0 saturated carbocycles. The lowest BCUT2D eigenvalue weighted by molar-refractivity contribution is 0.198. The lowest BCUT2D eigenvalue weighted by atomic mass is 10.1. The van der Waals surface area contributed by atoms with E-state index in [0.717, 1.165) is 5.69 Å². The molecule has 0 aliphatic carbocycles. The molecule has 1 aromatic heterocycles. The third-order valence-corrected chi connectivity index (χ3v) is 3.01. The first-order valence-electron chi connectivity index (χ1n) is 6.61. The molecule has 0 aliphatic heterocycles. The molecular weight excluding hydrogens is 259 g/mol. The van der Waals surface area contributed by atoms with Gasteiger partial charge in [-0.25, -0.2) is 4.39 Å². The van der Waals surface area contributed by atoms with Crippen LogP contribution in [0.5, 0.6) is 5.75 Å². The number of ether oxygens (including phenoxy) is 1. The predicted molar refractivity (Wildman–Crippen MR) is 74.0 cm³/mol. The smallest absolute Gasteiger partial charge is 0.165 e. The second kappa shape index (κ2) is 6.05. The number of halogens is 1. The highest BCUT2D eigenvalue weighted by Crippen LogP contribution is 2.22. The van der Waals surface area contributed by atoms with E-state index in [2.05, 4.69) is 5.10 Å². The maximum Gasteiger partial charge on any atom is 0.165 e. The highest BCUT2D eigenvalue weighted by atomic mass is 19.1. The van der Waals surface area contributed by atoms with Crippen LogP contribution in [0.1, 0.15) is 44.2 Å². The SMILES string of the molecule is CC(C)n1ccc(COc2ccc([C@H](C)O)cc2F)n1. The Bertz CT molecular complexity index is 579. The van der Waals surface area contributed by atoms with Crippen molar-refractivity contribution in [3.63, 3.8) is 0 Å². The normalized spacial score (nSPS) is 12.7. The Morgan fingerprint density at radius 1 is 1.30 bits per heavy atom. The van der Waals surface area contributed by atoms with Crippen molar-refractivity contribution in [3.05, 3.63) is 47.5 Å². The first-order valence-corrected chi connectivity index (χ1v) is 6.61. The van der Waals surface area contributed by atoms with Crippen molar-refractivity contribution in [2.75, 3.05) is 0 Å². The van der Waals surface area contributed by atoms with Gasteiger partial charge in [0.25, 0.3) is 0 Å². The zero-order valence-electron chi connectivity index (χ0n) is 11.9. The topological polar surface area (TPSA) is 47.3 Å². The van der Waals surface area contributed by atoms with E-state index < -0.39 is 11.9 Å². The molecule has 1 atom stereocenters. The lowest BCUT2D eigenvalue weighted by Crippen LogP contribution is -2.04. The van der Waals surface area contributed by atoms with Crippen LogP contribution in [0.25, 0.3) is 0 Å². The van der Waals surface area contributed by atoms with Crippen LogP contribution in [0.2, 0.25) is 0 Å². The quantitative estimate of drug-likeness (QED) is 0.913. The number of aliphatic hydroxyl groups excluding tert-OH is 1. The van der Waals surface area contributed by atoms with Crippen LogP contribution in [-0.2, 0) is 6.61 Å². The van der Waals surface area contributed by atoms with Crippen LogP contribution in [0.4, 0.5) is 4.39 Å². The summed E-state index contributed by atoms with van der Waals surface area (Å²) in [6.45, 7) is 5.87. The number of hydrogen-bond acceptors (Lipinski definition) is 3. The average molecular weight is 278 g/mol. The highest BCUT2D eigenvalue weighted by Gasteiger charge is 2.09. The standard InChI is InChI=1S/C15H19FN2O2/c1-10(2)18-7-6-13(17-18)9-20-15-5-4-12(11(3)19)8-14(15)16/h4-8,10-11,19H,9H2,1-3H3/t11-/m0/s1. The minimum Gasteiger partial charge on any atom is -0.484 e. The van der Waals surface area contributed by atoms with E-state index in [1.54, 1.807) is 13.0 Å². The Hall–Kier alpha value is -1.88. The number of aliphatic hydroxyl groups is 1. The second-order valence-electron chi connectivity index (χ2n) is 5.04. The van der Waals surface area contributed by atoms with Gasteiger partial charge in [0, 0.05) is 12.2 Å². The van der Waals surface area contributed by atoms with Gasteiger partial charge in [-0.1, -0.05) is 6.07 Å². The van der Waals surface area contributed by atoms with Gasteiger partial charge in [0.2, 0.25) is 0 Å². The Morgan fingerprint density at radius 2 is 2.05 bits per heavy atom. The van der Waals surface area contributed by atoms with Crippen molar-refractivity contribution in [2.45, 2.75) is 39.5 Å². The van der Waals surface area contributed by atoms with Crippen molar-refractivity contribution < 1.29 is 14.2 Å². The molecule has 0 amide bonds. The Balaban J connectivity index is 2.03. The van der Waals surface area contributed by atoms with Crippen LogP contribution < -0.4 is 4.74 Å². The summed E-state index contributed by atoms with van der Waals surface area (Å²) in [6.07, 6.45) is 1.18. The fraction of sp³-hybridized carbons (Fsp3) is 0.400. The molecule has 0 spiro atoms. The molecule has 2 rings (SSSR count). The molecular formula is C15H19FN2O2. The zero-order chi connectivity index (χ0) is 14.7. The van der Waals surface area contributed by atoms with E-state index in [4.69, 9.17) is 4.74 Å². The maximum atomic E-state index is 13.8. The van der Waals surface area contributed by atoms with Gasteiger partial charge < -0.3 is 9.84 Å². The average Bonchev–Trinajstić information content (AvgIpc) is 2.86. The minimum atomic E-state index is -0.694. The molecule has 0 radical (unpaired) electrons. The summed E-state index contributed by atoms with van der Waals surface area (Å²) in [4.78, 5) is 0. The Morgan fingerprint density at radius 3 is 2.60 bits per heavy atom. The number of benzene rings is 1. The third kappa shape index (κ3) is 3.36. The van der Waals surface area contributed by atoms with Crippen LogP contribution in [0.15, 0.2) is 30.5 Å². The number of aromatic nitrogens is 2. The predicted octanol–water partition coefficient (Wildman–Crippen LogP) is 3.24. The largest absolute Gasteiger partial charge is 0.484 e. The maximum absolute atomic E-state index is 13.8. The molecule has 1 heterocycles. The van der Waals surface area contributed by atoms with Gasteiger partial charge in [-0.05, 0) is 44.5 Å². The van der Waals surface area contributed by atoms with Crippen molar-refractivity contribution in [2.24, 2.45) is 0 Å². The lowest BCUT2D eigenvalue weighted by Gasteiger charge is -2.09. The first-order chi connectivity index (χ1) is 9.47.